The number of nitrogens with two attached hydrogens (primary N) is 1. The van der Waals surface area contributed by atoms with Crippen LogP contribution >= 0.6 is 11.6 Å². The third-order valence-electron chi connectivity index (χ3n) is 2.68. The Kier molecular flexibility index (Phi) is 7.45. The van der Waals surface area contributed by atoms with E-state index in [0.717, 1.165) is 6.54 Å². The molecule has 0 aromatic heterocycles. The molecular formula is C14H22ClN3O3. The SMILES string of the molecule is COCC(N)C(=O)Nc1ccc(OCCN(C)C)c(Cl)c1. The number of halogens is 1. The molecule has 0 fully saturated rings. The van der Waals surface area contributed by atoms with E-state index in [1.165, 1.54) is 7.11 Å². The average molecular weight is 316 g/mol. The van der Waals surface area contributed by atoms with Gasteiger partial charge in [-0.1, -0.05) is 11.6 Å². The lowest BCUT2D eigenvalue weighted by molar-refractivity contribution is -0.118. The number of likely N-dealkylation sites (N-methyl/N-ethyl adjacent to an activating group) is 1. The van der Waals surface area contributed by atoms with Gasteiger partial charge in [0.1, 0.15) is 18.4 Å². The van der Waals surface area contributed by atoms with Crippen molar-refractivity contribution in [3.8, 4) is 5.75 Å². The molecule has 0 aliphatic heterocycles. The first-order valence-electron chi connectivity index (χ1n) is 6.56. The number of nitrogens with one attached hydrogen (secondary N) is 1. The van der Waals surface area contributed by atoms with E-state index < -0.39 is 6.04 Å². The van der Waals surface area contributed by atoms with Gasteiger partial charge in [-0.3, -0.25) is 4.79 Å². The number of hydrogen-bond acceptors (Lipinski definition) is 5. The van der Waals surface area contributed by atoms with E-state index in [4.69, 9.17) is 26.8 Å². The van der Waals surface area contributed by atoms with E-state index in [-0.39, 0.29) is 12.5 Å². The summed E-state index contributed by atoms with van der Waals surface area (Å²) in [5.74, 6) is 0.256. The topological polar surface area (TPSA) is 76.8 Å². The predicted octanol–water partition coefficient (Wildman–Crippen LogP) is 1.19. The smallest absolute Gasteiger partial charge is 0.243 e. The second-order valence-corrected chi connectivity index (χ2v) is 5.26. The van der Waals surface area contributed by atoms with Crippen LogP contribution in [0.3, 0.4) is 0 Å². The van der Waals surface area contributed by atoms with Crippen LogP contribution in [0.1, 0.15) is 0 Å². The molecule has 0 bridgehead atoms. The molecule has 0 saturated heterocycles. The van der Waals surface area contributed by atoms with Crippen molar-refractivity contribution in [3.63, 3.8) is 0 Å². The Labute approximate surface area is 130 Å². The first kappa shape index (κ1) is 17.7. The fourth-order valence-corrected chi connectivity index (χ4v) is 1.76. The van der Waals surface area contributed by atoms with Crippen LogP contribution in [0.15, 0.2) is 18.2 Å². The molecule has 0 aliphatic carbocycles. The summed E-state index contributed by atoms with van der Waals surface area (Å²) >= 11 is 6.12. The highest BCUT2D eigenvalue weighted by Crippen LogP contribution is 2.27. The highest BCUT2D eigenvalue weighted by atomic mass is 35.5. The largest absolute Gasteiger partial charge is 0.491 e. The molecule has 6 nitrogen and oxygen atoms in total. The zero-order valence-electron chi connectivity index (χ0n) is 12.6. The molecule has 0 aliphatic rings. The molecule has 1 aromatic carbocycles. The monoisotopic (exact) mass is 315 g/mol. The molecule has 0 heterocycles. The van der Waals surface area contributed by atoms with Gasteiger partial charge in [0.05, 0.1) is 11.6 Å². The van der Waals surface area contributed by atoms with Gasteiger partial charge >= 0.3 is 0 Å². The van der Waals surface area contributed by atoms with Crippen molar-refractivity contribution < 1.29 is 14.3 Å². The van der Waals surface area contributed by atoms with Gasteiger partial charge < -0.3 is 25.4 Å². The Morgan fingerprint density at radius 2 is 2.19 bits per heavy atom. The van der Waals surface area contributed by atoms with Crippen LogP contribution < -0.4 is 15.8 Å². The Hall–Kier alpha value is -1.34. The Morgan fingerprint density at radius 1 is 1.48 bits per heavy atom. The van der Waals surface area contributed by atoms with E-state index in [9.17, 15) is 4.79 Å². The lowest BCUT2D eigenvalue weighted by Gasteiger charge is -2.14. The summed E-state index contributed by atoms with van der Waals surface area (Å²) in [5.41, 5.74) is 6.20. The number of methoxy groups -OCH3 is 1. The van der Waals surface area contributed by atoms with Gasteiger partial charge in [-0.15, -0.1) is 0 Å². The molecule has 7 heteroatoms. The summed E-state index contributed by atoms with van der Waals surface area (Å²) in [6, 6.07) is 4.35. The fourth-order valence-electron chi connectivity index (χ4n) is 1.52. The third kappa shape index (κ3) is 6.31. The number of anilines is 1. The maximum absolute atomic E-state index is 11.7. The second-order valence-electron chi connectivity index (χ2n) is 4.85. The summed E-state index contributed by atoms with van der Waals surface area (Å²) in [4.78, 5) is 13.8. The van der Waals surface area contributed by atoms with Crippen LogP contribution in [0.2, 0.25) is 5.02 Å². The summed E-state index contributed by atoms with van der Waals surface area (Å²) in [5, 5.41) is 3.11. The van der Waals surface area contributed by atoms with E-state index in [1.807, 2.05) is 19.0 Å². The Balaban J connectivity index is 2.59. The number of nitrogens with zero attached hydrogens (tertiary/aromatic N) is 1. The van der Waals surface area contributed by atoms with E-state index in [0.29, 0.717) is 23.1 Å². The number of rotatable bonds is 8. The minimum Gasteiger partial charge on any atom is -0.491 e. The van der Waals surface area contributed by atoms with Crippen LogP contribution in [0.5, 0.6) is 5.75 Å². The average Bonchev–Trinajstić information content (AvgIpc) is 2.41. The quantitative estimate of drug-likeness (QED) is 0.753. The van der Waals surface area contributed by atoms with Gasteiger partial charge in [0.2, 0.25) is 5.91 Å². The van der Waals surface area contributed by atoms with Gasteiger partial charge in [-0.2, -0.15) is 0 Å². The van der Waals surface area contributed by atoms with Crippen molar-refractivity contribution in [2.24, 2.45) is 5.73 Å². The first-order chi connectivity index (χ1) is 9.93. The van der Waals surface area contributed by atoms with Crippen molar-refractivity contribution in [3.05, 3.63) is 23.2 Å². The zero-order chi connectivity index (χ0) is 15.8. The predicted molar refractivity (Wildman–Crippen MR) is 84.0 cm³/mol. The standard InChI is InChI=1S/C14H22ClN3O3/c1-18(2)6-7-21-13-5-4-10(8-11(13)15)17-14(19)12(16)9-20-3/h4-5,8,12H,6-7,9,16H2,1-3H3,(H,17,19). The molecule has 0 saturated carbocycles. The van der Waals surface area contributed by atoms with Crippen molar-refractivity contribution in [1.82, 2.24) is 4.90 Å². The molecule has 1 atom stereocenters. The van der Waals surface area contributed by atoms with Gasteiger partial charge in [-0.05, 0) is 32.3 Å². The first-order valence-corrected chi connectivity index (χ1v) is 6.94. The molecule has 3 N–H and O–H groups in total. The van der Waals surface area contributed by atoms with Crippen LogP contribution in [0.25, 0.3) is 0 Å². The summed E-state index contributed by atoms with van der Waals surface area (Å²) in [6.07, 6.45) is 0. The summed E-state index contributed by atoms with van der Waals surface area (Å²) < 4.78 is 10.4. The highest BCUT2D eigenvalue weighted by Gasteiger charge is 2.13. The number of carbonyl (C=O) groups is 1. The lowest BCUT2D eigenvalue weighted by atomic mass is 10.2. The van der Waals surface area contributed by atoms with Crippen molar-refractivity contribution in [2.75, 3.05) is 46.3 Å². The van der Waals surface area contributed by atoms with E-state index in [2.05, 4.69) is 5.32 Å². The Bertz CT molecular complexity index is 469. The van der Waals surface area contributed by atoms with Crippen LogP contribution in [-0.4, -0.2) is 57.8 Å². The minimum absolute atomic E-state index is 0.158. The molecule has 1 rings (SSSR count). The second kappa shape index (κ2) is 8.84. The van der Waals surface area contributed by atoms with Crippen LogP contribution in [0.4, 0.5) is 5.69 Å². The lowest BCUT2D eigenvalue weighted by Crippen LogP contribution is -2.39. The van der Waals surface area contributed by atoms with Crippen molar-refractivity contribution in [2.45, 2.75) is 6.04 Å². The minimum atomic E-state index is -0.718. The maximum atomic E-state index is 11.7. The molecule has 1 aromatic rings. The normalized spacial score (nSPS) is 12.3. The van der Waals surface area contributed by atoms with Gasteiger partial charge in [-0.25, -0.2) is 0 Å². The number of ether oxygens (including phenoxy) is 2. The van der Waals surface area contributed by atoms with Gasteiger partial charge in [0, 0.05) is 19.3 Å². The maximum Gasteiger partial charge on any atom is 0.243 e. The molecule has 118 valence electrons. The number of amides is 1. The third-order valence-corrected chi connectivity index (χ3v) is 2.97. The Morgan fingerprint density at radius 3 is 2.76 bits per heavy atom. The molecular weight excluding hydrogens is 294 g/mol. The number of carbonyl (C=O) groups excluding carboxylic acids is 1. The van der Waals surface area contributed by atoms with Gasteiger partial charge in [0.15, 0.2) is 0 Å². The fraction of sp³-hybridized carbons (Fsp3) is 0.500. The summed E-state index contributed by atoms with van der Waals surface area (Å²) in [7, 11) is 5.42. The van der Waals surface area contributed by atoms with Crippen LogP contribution in [0, 0.1) is 0 Å². The molecule has 1 amide bonds. The molecule has 0 radical (unpaired) electrons. The molecule has 21 heavy (non-hydrogen) atoms. The zero-order valence-corrected chi connectivity index (χ0v) is 13.3. The number of hydrogen-bond donors (Lipinski definition) is 2. The molecule has 1 unspecified atom stereocenters. The van der Waals surface area contributed by atoms with Crippen LogP contribution in [-0.2, 0) is 9.53 Å². The highest BCUT2D eigenvalue weighted by molar-refractivity contribution is 6.32. The van der Waals surface area contributed by atoms with Gasteiger partial charge in [0.25, 0.3) is 0 Å². The van der Waals surface area contributed by atoms with Crippen molar-refractivity contribution in [1.29, 1.82) is 0 Å². The van der Waals surface area contributed by atoms with E-state index >= 15 is 0 Å². The summed E-state index contributed by atoms with van der Waals surface area (Å²) in [6.45, 7) is 1.49. The van der Waals surface area contributed by atoms with Crippen molar-refractivity contribution >= 4 is 23.2 Å². The van der Waals surface area contributed by atoms with E-state index in [1.54, 1.807) is 18.2 Å². The molecule has 0 spiro atoms. The number of benzene rings is 1.